The van der Waals surface area contributed by atoms with E-state index in [0.29, 0.717) is 6.21 Å². The van der Waals surface area contributed by atoms with Crippen molar-refractivity contribution in [3.63, 3.8) is 0 Å². The minimum Gasteiger partial charge on any atom is -0.304 e. The number of hydrogen-bond donors (Lipinski definition) is 1. The molecule has 0 unspecified atom stereocenters. The van der Waals surface area contributed by atoms with Crippen LogP contribution in [0.25, 0.3) is 0 Å². The third-order valence-corrected chi connectivity index (χ3v) is 0.342. The van der Waals surface area contributed by atoms with Gasteiger partial charge in [0.15, 0.2) is 0 Å². The van der Waals surface area contributed by atoms with Gasteiger partial charge in [0, 0.05) is 0 Å². The molecule has 0 aromatic rings. The van der Waals surface area contributed by atoms with Gasteiger partial charge in [-0.25, -0.2) is 0 Å². The summed E-state index contributed by atoms with van der Waals surface area (Å²) in [4.78, 5) is 9.49. The molecule has 0 atom stereocenters. The largest absolute Gasteiger partial charge is 0.304 e. The van der Waals surface area contributed by atoms with Crippen molar-refractivity contribution in [3.8, 4) is 0 Å². The summed E-state index contributed by atoms with van der Waals surface area (Å²) in [6, 6.07) is 0. The highest BCUT2D eigenvalue weighted by Gasteiger charge is 1.75. The Bertz CT molecular complexity index is 60.7. The number of carbonyl (C=O) groups is 1. The minimum atomic E-state index is -0.391. The van der Waals surface area contributed by atoms with Gasteiger partial charge in [-0.1, -0.05) is 0 Å². The van der Waals surface area contributed by atoms with E-state index in [9.17, 15) is 4.79 Å². The van der Waals surface area contributed by atoms with Crippen LogP contribution in [0.15, 0.2) is 0 Å². The normalized spacial score (nSPS) is 6.60. The van der Waals surface area contributed by atoms with E-state index < -0.39 is 4.69 Å². The third kappa shape index (κ3) is 3.82. The van der Waals surface area contributed by atoms with Crippen molar-refractivity contribution < 1.29 is 4.79 Å². The molecular formula is C2H2BrNO. The van der Waals surface area contributed by atoms with E-state index in [4.69, 9.17) is 5.41 Å². The fourth-order valence-electron chi connectivity index (χ4n) is 0. The molecule has 0 heterocycles. The second-order valence-electron chi connectivity index (χ2n) is 0.448. The van der Waals surface area contributed by atoms with Crippen LogP contribution in [-0.4, -0.2) is 10.9 Å². The van der Waals surface area contributed by atoms with Crippen molar-refractivity contribution in [2.75, 3.05) is 0 Å². The maximum Gasteiger partial charge on any atom is 0.238 e. The molecule has 0 amide bonds. The summed E-state index contributed by atoms with van der Waals surface area (Å²) in [5.41, 5.74) is 0. The number of carbonyl (C=O) groups excluding carboxylic acids is 1. The summed E-state index contributed by atoms with van der Waals surface area (Å²) in [6.45, 7) is 0. The molecule has 0 aromatic carbocycles. The van der Waals surface area contributed by atoms with E-state index in [2.05, 4.69) is 15.9 Å². The zero-order valence-corrected chi connectivity index (χ0v) is 3.95. The Morgan fingerprint density at radius 1 is 2.00 bits per heavy atom. The fourth-order valence-corrected chi connectivity index (χ4v) is 0. The zero-order chi connectivity index (χ0) is 4.28. The molecule has 28 valence electrons. The Morgan fingerprint density at radius 2 is 2.20 bits per heavy atom. The molecule has 0 spiro atoms. The first kappa shape index (κ1) is 4.82. The first-order valence-corrected chi connectivity index (χ1v) is 1.76. The quantitative estimate of drug-likeness (QED) is 0.415. The van der Waals surface area contributed by atoms with Gasteiger partial charge in [0.2, 0.25) is 4.69 Å². The summed E-state index contributed by atoms with van der Waals surface area (Å²) in [6.07, 6.45) is 0.694. The van der Waals surface area contributed by atoms with E-state index in [-0.39, 0.29) is 0 Å². The number of halogens is 1. The van der Waals surface area contributed by atoms with Gasteiger partial charge in [0.05, 0.1) is 6.21 Å². The summed E-state index contributed by atoms with van der Waals surface area (Å²) in [7, 11) is 0. The molecule has 0 saturated carbocycles. The van der Waals surface area contributed by atoms with Gasteiger partial charge in [-0.05, 0) is 15.9 Å². The van der Waals surface area contributed by atoms with Crippen LogP contribution in [0.4, 0.5) is 0 Å². The van der Waals surface area contributed by atoms with Crippen LogP contribution in [-0.2, 0) is 4.79 Å². The Hall–Kier alpha value is -0.180. The second kappa shape index (κ2) is 2.08. The van der Waals surface area contributed by atoms with Crippen molar-refractivity contribution in [1.82, 2.24) is 0 Å². The highest BCUT2D eigenvalue weighted by atomic mass is 79.9. The van der Waals surface area contributed by atoms with Gasteiger partial charge in [0.1, 0.15) is 0 Å². The van der Waals surface area contributed by atoms with Gasteiger partial charge in [-0.3, -0.25) is 4.79 Å². The van der Waals surface area contributed by atoms with Crippen LogP contribution in [0.1, 0.15) is 0 Å². The standard InChI is InChI=1S/C2H2BrNO/c3-2(5)1-4/h1,4H. The van der Waals surface area contributed by atoms with Gasteiger partial charge >= 0.3 is 0 Å². The average Bonchev–Trinajstić information content (AvgIpc) is 1.38. The van der Waals surface area contributed by atoms with Crippen LogP contribution >= 0.6 is 15.9 Å². The molecule has 0 bridgehead atoms. The van der Waals surface area contributed by atoms with E-state index in [1.165, 1.54) is 0 Å². The van der Waals surface area contributed by atoms with Crippen molar-refractivity contribution in [1.29, 1.82) is 5.41 Å². The second-order valence-corrected chi connectivity index (χ2v) is 1.23. The van der Waals surface area contributed by atoms with Crippen molar-refractivity contribution in [3.05, 3.63) is 0 Å². The smallest absolute Gasteiger partial charge is 0.238 e. The fraction of sp³-hybridized carbons (Fsp3) is 0. The maximum absolute atomic E-state index is 9.49. The molecule has 0 fully saturated rings. The topological polar surface area (TPSA) is 40.9 Å². The zero-order valence-electron chi connectivity index (χ0n) is 2.36. The molecule has 3 heteroatoms. The summed E-state index contributed by atoms with van der Waals surface area (Å²) < 4.78 is -0.391. The lowest BCUT2D eigenvalue weighted by atomic mass is 10.9. The van der Waals surface area contributed by atoms with E-state index in [1.807, 2.05) is 0 Å². The highest BCUT2D eigenvalue weighted by molar-refractivity contribution is 9.18. The Morgan fingerprint density at radius 3 is 2.20 bits per heavy atom. The molecule has 0 aromatic heterocycles. The van der Waals surface area contributed by atoms with Crippen molar-refractivity contribution >= 4 is 26.8 Å². The van der Waals surface area contributed by atoms with E-state index >= 15 is 0 Å². The first-order valence-electron chi connectivity index (χ1n) is 0.970. The molecule has 5 heavy (non-hydrogen) atoms. The molecule has 2 nitrogen and oxygen atoms in total. The van der Waals surface area contributed by atoms with Crippen molar-refractivity contribution in [2.45, 2.75) is 0 Å². The molecule has 0 rings (SSSR count). The average molecular weight is 136 g/mol. The molecule has 1 N–H and O–H groups in total. The summed E-state index contributed by atoms with van der Waals surface area (Å²) >= 11 is 2.49. The minimum absolute atomic E-state index is 0.391. The van der Waals surface area contributed by atoms with Gasteiger partial charge in [-0.15, -0.1) is 0 Å². The van der Waals surface area contributed by atoms with E-state index in [1.54, 1.807) is 0 Å². The van der Waals surface area contributed by atoms with Crippen LogP contribution in [0.5, 0.6) is 0 Å². The van der Waals surface area contributed by atoms with Crippen LogP contribution < -0.4 is 0 Å². The Kier molecular flexibility index (Phi) is 2.01. The number of nitrogens with one attached hydrogen (secondary N) is 1. The molecule has 0 aliphatic heterocycles. The number of rotatable bonds is 1. The van der Waals surface area contributed by atoms with E-state index in [0.717, 1.165) is 0 Å². The van der Waals surface area contributed by atoms with Gasteiger partial charge in [-0.2, -0.15) is 0 Å². The van der Waals surface area contributed by atoms with Gasteiger partial charge < -0.3 is 5.41 Å². The summed E-state index contributed by atoms with van der Waals surface area (Å²) in [5.74, 6) is 0. The van der Waals surface area contributed by atoms with Crippen molar-refractivity contribution in [2.24, 2.45) is 0 Å². The number of hydrogen-bond acceptors (Lipinski definition) is 2. The molecule has 0 aliphatic rings. The third-order valence-electron chi connectivity index (χ3n) is 0.113. The predicted molar refractivity (Wildman–Crippen MR) is 22.7 cm³/mol. The van der Waals surface area contributed by atoms with Crippen LogP contribution in [0, 0.1) is 5.41 Å². The molecule has 0 radical (unpaired) electrons. The lowest BCUT2D eigenvalue weighted by Crippen LogP contribution is -1.78. The highest BCUT2D eigenvalue weighted by Crippen LogP contribution is 1.72. The van der Waals surface area contributed by atoms with Crippen LogP contribution in [0.3, 0.4) is 0 Å². The summed E-state index contributed by atoms with van der Waals surface area (Å²) in [5, 5.41) is 6.14. The molecular weight excluding hydrogens is 134 g/mol. The Labute approximate surface area is 37.8 Å². The monoisotopic (exact) mass is 135 g/mol. The predicted octanol–water partition coefficient (Wildman–Crippen LogP) is 0.557. The lowest BCUT2D eigenvalue weighted by Gasteiger charge is -1.58. The maximum atomic E-state index is 9.49. The molecule has 0 saturated heterocycles. The van der Waals surface area contributed by atoms with Gasteiger partial charge in [0.25, 0.3) is 0 Å². The SMILES string of the molecule is N=CC(=O)Br. The molecule has 0 aliphatic carbocycles. The van der Waals surface area contributed by atoms with Crippen LogP contribution in [0.2, 0.25) is 0 Å². The first-order chi connectivity index (χ1) is 2.27. The lowest BCUT2D eigenvalue weighted by molar-refractivity contribution is -0.104. The Balaban J connectivity index is 3.20.